The van der Waals surface area contributed by atoms with Gasteiger partial charge in [-0.1, -0.05) is 6.07 Å². The monoisotopic (exact) mass is 424 g/mol. The Morgan fingerprint density at radius 1 is 1.25 bits per heavy atom. The number of nitrogens with zero attached hydrogens (tertiary/aromatic N) is 3. The zero-order valence-electron chi connectivity index (χ0n) is 15.4. The zero-order chi connectivity index (χ0) is 20.3. The molecule has 1 aliphatic rings. The van der Waals surface area contributed by atoms with Gasteiger partial charge < -0.3 is 14.6 Å². The van der Waals surface area contributed by atoms with E-state index in [1.54, 1.807) is 11.8 Å². The summed E-state index contributed by atoms with van der Waals surface area (Å²) in [4.78, 5) is 12.1. The molecule has 0 atom stereocenters. The first-order chi connectivity index (χ1) is 13.3. The molecule has 0 spiro atoms. The van der Waals surface area contributed by atoms with Crippen molar-refractivity contribution < 1.29 is 17.8 Å². The molecule has 2 aromatic rings. The fraction of sp³-hybridized carbons (Fsp3) is 0.353. The van der Waals surface area contributed by atoms with E-state index in [1.807, 2.05) is 31.1 Å². The lowest BCUT2D eigenvalue weighted by atomic mass is 10.2. The van der Waals surface area contributed by atoms with Gasteiger partial charge in [-0.2, -0.15) is 20.2 Å². The molecule has 0 saturated heterocycles. The van der Waals surface area contributed by atoms with Crippen LogP contribution in [0.15, 0.2) is 44.0 Å². The second-order valence-electron chi connectivity index (χ2n) is 6.41. The van der Waals surface area contributed by atoms with Gasteiger partial charge in [0.1, 0.15) is 17.4 Å². The van der Waals surface area contributed by atoms with Gasteiger partial charge in [0, 0.05) is 23.9 Å². The first kappa shape index (κ1) is 20.4. The zero-order valence-corrected chi connectivity index (χ0v) is 17.0. The number of hydrogen-bond acceptors (Lipinski definition) is 8. The van der Waals surface area contributed by atoms with Gasteiger partial charge in [0.05, 0.1) is 17.2 Å². The van der Waals surface area contributed by atoms with Crippen molar-refractivity contribution in [2.24, 2.45) is 4.40 Å². The van der Waals surface area contributed by atoms with Crippen molar-refractivity contribution in [3.8, 4) is 0 Å². The minimum atomic E-state index is -4.07. The molecule has 11 heteroatoms. The maximum Gasteiger partial charge on any atom is 0.291 e. The van der Waals surface area contributed by atoms with E-state index in [2.05, 4.69) is 9.71 Å². The second kappa shape index (κ2) is 8.33. The molecular weight excluding hydrogens is 404 g/mol. The Morgan fingerprint density at radius 3 is 2.71 bits per heavy atom. The van der Waals surface area contributed by atoms with Crippen molar-refractivity contribution in [1.29, 1.82) is 0 Å². The highest BCUT2D eigenvalue weighted by atomic mass is 32.2. The van der Waals surface area contributed by atoms with Crippen LogP contribution in [0.4, 0.5) is 5.69 Å². The average Bonchev–Trinajstić information content (AvgIpc) is 3.16. The van der Waals surface area contributed by atoms with Gasteiger partial charge >= 0.3 is 0 Å². The maximum atomic E-state index is 12.2. The topological polar surface area (TPSA) is 118 Å². The van der Waals surface area contributed by atoms with Gasteiger partial charge in [-0.05, 0) is 32.3 Å². The van der Waals surface area contributed by atoms with Crippen LogP contribution >= 0.6 is 11.8 Å². The van der Waals surface area contributed by atoms with Crippen molar-refractivity contribution in [2.75, 3.05) is 26.4 Å². The number of sulfonamides is 1. The number of thioether (sulfide) groups is 1. The molecule has 2 heterocycles. The SMILES string of the molecule is CN(C)Cc1ccc(CSCCNC2=NS(=O)(=O)c3c2cccc3[N+](=O)[O-])o1. The van der Waals surface area contributed by atoms with Gasteiger partial charge in [-0.15, -0.1) is 4.40 Å². The molecule has 0 radical (unpaired) electrons. The van der Waals surface area contributed by atoms with E-state index in [9.17, 15) is 18.5 Å². The summed E-state index contributed by atoms with van der Waals surface area (Å²) in [5.74, 6) is 3.31. The summed E-state index contributed by atoms with van der Waals surface area (Å²) in [5.41, 5.74) is -0.225. The third kappa shape index (κ3) is 4.54. The van der Waals surface area contributed by atoms with Crippen LogP contribution in [0.25, 0.3) is 0 Å². The summed E-state index contributed by atoms with van der Waals surface area (Å²) in [5, 5.41) is 14.1. The maximum absolute atomic E-state index is 12.2. The van der Waals surface area contributed by atoms with Crippen molar-refractivity contribution in [3.63, 3.8) is 0 Å². The number of amidine groups is 1. The Bertz CT molecular complexity index is 1010. The highest BCUT2D eigenvalue weighted by Crippen LogP contribution is 2.33. The van der Waals surface area contributed by atoms with E-state index in [1.165, 1.54) is 18.2 Å². The molecule has 1 N–H and O–H groups in total. The van der Waals surface area contributed by atoms with E-state index in [4.69, 9.17) is 4.42 Å². The van der Waals surface area contributed by atoms with Gasteiger partial charge in [0.2, 0.25) is 0 Å². The van der Waals surface area contributed by atoms with E-state index in [0.29, 0.717) is 18.1 Å². The standard InChI is InChI=1S/C17H20N4O5S2/c1-20(2)10-12-6-7-13(26-12)11-27-9-8-18-17-14-4-3-5-15(21(22)23)16(14)28(24,25)19-17/h3-7H,8-11H2,1-2H3,(H,18,19). The summed E-state index contributed by atoms with van der Waals surface area (Å²) in [6.07, 6.45) is 0. The molecular formula is C17H20N4O5S2. The first-order valence-corrected chi connectivity index (χ1v) is 11.0. The summed E-state index contributed by atoms with van der Waals surface area (Å²) in [6, 6.07) is 8.03. The van der Waals surface area contributed by atoms with Crippen LogP contribution in [0.3, 0.4) is 0 Å². The Hall–Kier alpha value is -2.37. The molecule has 28 heavy (non-hydrogen) atoms. The number of benzene rings is 1. The van der Waals surface area contributed by atoms with Crippen molar-refractivity contribution in [2.45, 2.75) is 17.2 Å². The van der Waals surface area contributed by atoms with Gasteiger partial charge in [-0.3, -0.25) is 10.1 Å². The first-order valence-electron chi connectivity index (χ1n) is 8.44. The van der Waals surface area contributed by atoms with Crippen LogP contribution in [0.2, 0.25) is 0 Å². The molecule has 3 rings (SSSR count). The summed E-state index contributed by atoms with van der Waals surface area (Å²) in [6.45, 7) is 1.21. The lowest BCUT2D eigenvalue weighted by Crippen LogP contribution is -2.25. The van der Waals surface area contributed by atoms with Crippen LogP contribution < -0.4 is 5.32 Å². The number of furan rings is 1. The summed E-state index contributed by atoms with van der Waals surface area (Å²) in [7, 11) is -0.118. The molecule has 150 valence electrons. The van der Waals surface area contributed by atoms with E-state index in [0.717, 1.165) is 18.1 Å². The Balaban J connectivity index is 1.55. The molecule has 1 aliphatic heterocycles. The summed E-state index contributed by atoms with van der Waals surface area (Å²) >= 11 is 1.63. The third-order valence-corrected chi connectivity index (χ3v) is 6.24. The fourth-order valence-electron chi connectivity index (χ4n) is 2.78. The fourth-order valence-corrected chi connectivity index (χ4v) is 4.87. The second-order valence-corrected chi connectivity index (χ2v) is 9.06. The highest BCUT2D eigenvalue weighted by Gasteiger charge is 2.36. The molecule has 9 nitrogen and oxygen atoms in total. The largest absolute Gasteiger partial charge is 0.464 e. The molecule has 1 aromatic carbocycles. The molecule has 0 amide bonds. The molecule has 0 fully saturated rings. The summed E-state index contributed by atoms with van der Waals surface area (Å²) < 4.78 is 33.8. The Kier molecular flexibility index (Phi) is 6.06. The molecule has 0 bridgehead atoms. The number of nitro benzene ring substituents is 1. The number of nitro groups is 1. The van der Waals surface area contributed by atoms with Gasteiger partial charge in [0.15, 0.2) is 4.90 Å². The third-order valence-electron chi connectivity index (χ3n) is 3.89. The van der Waals surface area contributed by atoms with Crippen LogP contribution in [0, 0.1) is 10.1 Å². The Morgan fingerprint density at radius 2 is 2.00 bits per heavy atom. The molecule has 0 unspecified atom stereocenters. The lowest BCUT2D eigenvalue weighted by Gasteiger charge is -2.06. The van der Waals surface area contributed by atoms with Crippen LogP contribution in [0.1, 0.15) is 17.1 Å². The van der Waals surface area contributed by atoms with Crippen LogP contribution in [0.5, 0.6) is 0 Å². The number of nitrogens with one attached hydrogen (secondary N) is 1. The smallest absolute Gasteiger partial charge is 0.291 e. The van der Waals surface area contributed by atoms with E-state index >= 15 is 0 Å². The quantitative estimate of drug-likeness (QED) is 0.389. The van der Waals surface area contributed by atoms with Gasteiger partial charge in [-0.25, -0.2) is 0 Å². The minimum absolute atomic E-state index is 0.144. The van der Waals surface area contributed by atoms with Crippen molar-refractivity contribution >= 4 is 33.3 Å². The predicted octanol–water partition coefficient (Wildman–Crippen LogP) is 2.22. The number of fused-ring (bicyclic) bond motifs is 1. The van der Waals surface area contributed by atoms with E-state index in [-0.39, 0.29) is 16.3 Å². The molecule has 0 aliphatic carbocycles. The van der Waals surface area contributed by atoms with Crippen LogP contribution in [-0.4, -0.2) is 50.5 Å². The molecule has 1 aromatic heterocycles. The highest BCUT2D eigenvalue weighted by molar-refractivity contribution is 7.98. The number of hydrogen-bond donors (Lipinski definition) is 1. The van der Waals surface area contributed by atoms with E-state index < -0.39 is 20.6 Å². The average molecular weight is 425 g/mol. The van der Waals surface area contributed by atoms with Crippen molar-refractivity contribution in [1.82, 2.24) is 10.2 Å². The van der Waals surface area contributed by atoms with Gasteiger partial charge in [0.25, 0.3) is 15.7 Å². The predicted molar refractivity (Wildman–Crippen MR) is 107 cm³/mol. The minimum Gasteiger partial charge on any atom is -0.464 e. The van der Waals surface area contributed by atoms with Crippen molar-refractivity contribution in [3.05, 3.63) is 57.5 Å². The lowest BCUT2D eigenvalue weighted by molar-refractivity contribution is -0.387. The normalized spacial score (nSPS) is 14.8. The number of rotatable bonds is 8. The molecule has 0 saturated carbocycles. The van der Waals surface area contributed by atoms with Crippen LogP contribution in [-0.2, 0) is 22.3 Å². The Labute approximate surface area is 167 Å².